The van der Waals surface area contributed by atoms with Crippen molar-refractivity contribution in [3.8, 4) is 0 Å². The molecule has 1 fully saturated rings. The molecule has 20 heavy (non-hydrogen) atoms. The minimum absolute atomic E-state index is 0.00712. The summed E-state index contributed by atoms with van der Waals surface area (Å²) in [6.45, 7) is 5.79. The lowest BCUT2D eigenvalue weighted by Gasteiger charge is -2.28. The summed E-state index contributed by atoms with van der Waals surface area (Å²) in [7, 11) is 0. The number of nitrogens with zero attached hydrogens (tertiary/aromatic N) is 2. The SMILES string of the molecule is CC(=O)CC1CCCCCN1C(=O)c1oc(C)nc1C. The summed E-state index contributed by atoms with van der Waals surface area (Å²) >= 11 is 0. The molecule has 1 aliphatic heterocycles. The standard InChI is InChI=1S/C15H22N2O3/c1-10(18)9-13-7-5-4-6-8-17(13)15(19)14-11(2)16-12(3)20-14/h13H,4-9H2,1-3H3. The molecular weight excluding hydrogens is 256 g/mol. The van der Waals surface area contributed by atoms with Gasteiger partial charge in [0, 0.05) is 25.9 Å². The van der Waals surface area contributed by atoms with Crippen LogP contribution in [0.3, 0.4) is 0 Å². The second-order valence-electron chi connectivity index (χ2n) is 5.56. The van der Waals surface area contributed by atoms with Gasteiger partial charge in [0.15, 0.2) is 5.89 Å². The van der Waals surface area contributed by atoms with Crippen molar-refractivity contribution >= 4 is 11.7 Å². The van der Waals surface area contributed by atoms with Gasteiger partial charge in [-0.15, -0.1) is 0 Å². The van der Waals surface area contributed by atoms with Crippen LogP contribution < -0.4 is 0 Å². The van der Waals surface area contributed by atoms with Crippen LogP contribution in [0.1, 0.15) is 61.2 Å². The van der Waals surface area contributed by atoms with Crippen molar-refractivity contribution in [2.75, 3.05) is 6.54 Å². The topological polar surface area (TPSA) is 63.4 Å². The van der Waals surface area contributed by atoms with Crippen LogP contribution in [0.5, 0.6) is 0 Å². The van der Waals surface area contributed by atoms with Gasteiger partial charge in [0.2, 0.25) is 5.76 Å². The van der Waals surface area contributed by atoms with Gasteiger partial charge in [0.25, 0.3) is 5.91 Å². The summed E-state index contributed by atoms with van der Waals surface area (Å²) in [4.78, 5) is 30.0. The van der Waals surface area contributed by atoms with Gasteiger partial charge < -0.3 is 9.32 Å². The maximum absolute atomic E-state index is 12.7. The van der Waals surface area contributed by atoms with E-state index in [2.05, 4.69) is 4.98 Å². The zero-order chi connectivity index (χ0) is 14.7. The van der Waals surface area contributed by atoms with Crippen molar-refractivity contribution in [2.24, 2.45) is 0 Å². The lowest BCUT2D eigenvalue weighted by atomic mass is 10.0. The molecule has 1 unspecified atom stereocenters. The molecule has 2 rings (SSSR count). The Morgan fingerprint density at radius 3 is 2.65 bits per heavy atom. The number of carbonyl (C=O) groups excluding carboxylic acids is 2. The molecule has 0 aliphatic carbocycles. The molecule has 110 valence electrons. The third-order valence-electron chi connectivity index (χ3n) is 3.76. The van der Waals surface area contributed by atoms with Gasteiger partial charge in [-0.1, -0.05) is 12.8 Å². The van der Waals surface area contributed by atoms with E-state index in [-0.39, 0.29) is 17.7 Å². The molecule has 0 spiro atoms. The fraction of sp³-hybridized carbons (Fsp3) is 0.667. The molecule has 1 aromatic rings. The molecule has 0 N–H and O–H groups in total. The van der Waals surface area contributed by atoms with E-state index < -0.39 is 0 Å². The highest BCUT2D eigenvalue weighted by Gasteiger charge is 2.30. The number of hydrogen-bond acceptors (Lipinski definition) is 4. The minimum atomic E-state index is -0.128. The van der Waals surface area contributed by atoms with Gasteiger partial charge in [-0.2, -0.15) is 0 Å². The monoisotopic (exact) mass is 278 g/mol. The summed E-state index contributed by atoms with van der Waals surface area (Å²) in [5.41, 5.74) is 0.623. The highest BCUT2D eigenvalue weighted by Crippen LogP contribution is 2.23. The maximum Gasteiger partial charge on any atom is 0.291 e. The van der Waals surface area contributed by atoms with Crippen molar-refractivity contribution < 1.29 is 14.0 Å². The van der Waals surface area contributed by atoms with E-state index in [4.69, 9.17) is 4.42 Å². The van der Waals surface area contributed by atoms with E-state index in [0.717, 1.165) is 25.7 Å². The lowest BCUT2D eigenvalue weighted by molar-refractivity contribution is -0.118. The van der Waals surface area contributed by atoms with Crippen LogP contribution in [0.25, 0.3) is 0 Å². The molecule has 1 saturated heterocycles. The number of rotatable bonds is 3. The Bertz CT molecular complexity index is 507. The van der Waals surface area contributed by atoms with Crippen LogP contribution in [0.2, 0.25) is 0 Å². The predicted octanol–water partition coefficient (Wildman–Crippen LogP) is 2.66. The van der Waals surface area contributed by atoms with Gasteiger partial charge in [-0.3, -0.25) is 9.59 Å². The Kier molecular flexibility index (Phi) is 4.57. The van der Waals surface area contributed by atoms with E-state index in [1.165, 1.54) is 0 Å². The van der Waals surface area contributed by atoms with Crippen molar-refractivity contribution in [1.82, 2.24) is 9.88 Å². The van der Waals surface area contributed by atoms with Gasteiger partial charge in [0.05, 0.1) is 5.69 Å². The van der Waals surface area contributed by atoms with Gasteiger partial charge in [-0.25, -0.2) is 4.98 Å². The van der Waals surface area contributed by atoms with E-state index >= 15 is 0 Å². The van der Waals surface area contributed by atoms with Crippen molar-refractivity contribution in [3.63, 3.8) is 0 Å². The first-order valence-electron chi connectivity index (χ1n) is 7.23. The third-order valence-corrected chi connectivity index (χ3v) is 3.76. The number of likely N-dealkylation sites (tertiary alicyclic amines) is 1. The Morgan fingerprint density at radius 1 is 1.30 bits per heavy atom. The largest absolute Gasteiger partial charge is 0.436 e. The third kappa shape index (κ3) is 3.26. The van der Waals surface area contributed by atoms with Gasteiger partial charge >= 0.3 is 0 Å². The fourth-order valence-corrected chi connectivity index (χ4v) is 2.85. The number of hydrogen-bond donors (Lipinski definition) is 0. The summed E-state index contributed by atoms with van der Waals surface area (Å²) in [6, 6.07) is -0.00712. The molecule has 5 nitrogen and oxygen atoms in total. The number of oxazole rings is 1. The Morgan fingerprint density at radius 2 is 2.05 bits per heavy atom. The summed E-state index contributed by atoms with van der Waals surface area (Å²) in [5.74, 6) is 0.818. The highest BCUT2D eigenvalue weighted by molar-refractivity contribution is 5.93. The molecule has 1 atom stereocenters. The predicted molar refractivity (Wildman–Crippen MR) is 74.6 cm³/mol. The second-order valence-corrected chi connectivity index (χ2v) is 5.56. The molecule has 0 saturated carbocycles. The lowest BCUT2D eigenvalue weighted by Crippen LogP contribution is -2.41. The summed E-state index contributed by atoms with van der Waals surface area (Å²) in [5, 5.41) is 0. The van der Waals surface area contributed by atoms with Crippen molar-refractivity contribution in [1.29, 1.82) is 0 Å². The molecule has 0 radical (unpaired) electrons. The molecule has 0 bridgehead atoms. The molecule has 5 heteroatoms. The Balaban J connectivity index is 2.23. The Hall–Kier alpha value is -1.65. The number of Topliss-reactive ketones (excluding diaryl/α,β-unsaturated/α-hetero) is 1. The Labute approximate surface area is 119 Å². The number of carbonyl (C=O) groups is 2. The smallest absolute Gasteiger partial charge is 0.291 e. The van der Waals surface area contributed by atoms with Gasteiger partial charge in [0.1, 0.15) is 5.78 Å². The van der Waals surface area contributed by atoms with E-state index in [1.807, 2.05) is 0 Å². The zero-order valence-corrected chi connectivity index (χ0v) is 12.4. The first kappa shape index (κ1) is 14.8. The molecule has 1 amide bonds. The molecule has 2 heterocycles. The van der Waals surface area contributed by atoms with Crippen LogP contribution in [-0.4, -0.2) is 34.2 Å². The molecule has 0 aromatic carbocycles. The molecule has 1 aliphatic rings. The van der Waals surface area contributed by atoms with Crippen LogP contribution in [0, 0.1) is 13.8 Å². The first-order valence-corrected chi connectivity index (χ1v) is 7.23. The van der Waals surface area contributed by atoms with Crippen LogP contribution in [-0.2, 0) is 4.79 Å². The molecule has 1 aromatic heterocycles. The second kappa shape index (κ2) is 6.20. The van der Waals surface area contributed by atoms with E-state index in [0.29, 0.717) is 30.3 Å². The minimum Gasteiger partial charge on any atom is -0.436 e. The number of aromatic nitrogens is 1. The molecular formula is C15H22N2O3. The zero-order valence-electron chi connectivity index (χ0n) is 12.4. The van der Waals surface area contributed by atoms with Crippen LogP contribution in [0.4, 0.5) is 0 Å². The first-order chi connectivity index (χ1) is 9.49. The summed E-state index contributed by atoms with van der Waals surface area (Å²) < 4.78 is 5.44. The van der Waals surface area contributed by atoms with Gasteiger partial charge in [-0.05, 0) is 26.7 Å². The number of ketones is 1. The number of aryl methyl sites for hydroxylation is 2. The quantitative estimate of drug-likeness (QED) is 0.852. The van der Waals surface area contributed by atoms with Crippen molar-refractivity contribution in [3.05, 3.63) is 17.3 Å². The van der Waals surface area contributed by atoms with E-state index in [1.54, 1.807) is 25.7 Å². The maximum atomic E-state index is 12.7. The normalized spacial score (nSPS) is 19.8. The fourth-order valence-electron chi connectivity index (χ4n) is 2.85. The number of amides is 1. The highest BCUT2D eigenvalue weighted by atomic mass is 16.4. The average Bonchev–Trinajstić information content (AvgIpc) is 2.58. The summed E-state index contributed by atoms with van der Waals surface area (Å²) in [6.07, 6.45) is 4.46. The van der Waals surface area contributed by atoms with Crippen LogP contribution in [0.15, 0.2) is 4.42 Å². The van der Waals surface area contributed by atoms with Crippen molar-refractivity contribution in [2.45, 2.75) is 58.9 Å². The average molecular weight is 278 g/mol. The van der Waals surface area contributed by atoms with E-state index in [9.17, 15) is 9.59 Å². The van der Waals surface area contributed by atoms with Crippen LogP contribution >= 0.6 is 0 Å².